The fourth-order valence-corrected chi connectivity index (χ4v) is 5.91. The number of aryl methyl sites for hydroxylation is 1. The van der Waals surface area contributed by atoms with Crippen LogP contribution >= 0.6 is 0 Å². The SMILES string of the molecule is CC(c1cc(C(F)(F)F)c2cn(-c3cccc(C4(Cc5nncn5C)COC4)c3)c(=O)n2c1)N1CCC(C)(F)CC1. The Morgan fingerprint density at radius 1 is 1.12 bits per heavy atom. The Morgan fingerprint density at radius 2 is 1.85 bits per heavy atom. The Bertz CT molecular complexity index is 1640. The molecule has 218 valence electrons. The molecule has 6 rings (SSSR count). The van der Waals surface area contributed by atoms with Crippen molar-refractivity contribution in [3.63, 3.8) is 0 Å². The molecule has 8 nitrogen and oxygen atoms in total. The molecule has 2 saturated heterocycles. The molecule has 1 unspecified atom stereocenters. The van der Waals surface area contributed by atoms with Crippen LogP contribution in [0, 0.1) is 0 Å². The van der Waals surface area contributed by atoms with Crippen molar-refractivity contribution >= 4 is 5.52 Å². The molecule has 0 spiro atoms. The summed E-state index contributed by atoms with van der Waals surface area (Å²) in [5.41, 5.74) is -1.65. The van der Waals surface area contributed by atoms with Crippen LogP contribution in [-0.2, 0) is 29.8 Å². The summed E-state index contributed by atoms with van der Waals surface area (Å²) >= 11 is 0. The number of rotatable bonds is 6. The molecule has 1 atom stereocenters. The molecule has 0 N–H and O–H groups in total. The highest BCUT2D eigenvalue weighted by Crippen LogP contribution is 2.38. The molecule has 0 aliphatic carbocycles. The van der Waals surface area contributed by atoms with Crippen molar-refractivity contribution in [3.05, 3.63) is 82.1 Å². The smallest absolute Gasteiger partial charge is 0.379 e. The van der Waals surface area contributed by atoms with Crippen LogP contribution in [0.2, 0.25) is 0 Å². The summed E-state index contributed by atoms with van der Waals surface area (Å²) in [6, 6.07) is 7.96. The average Bonchev–Trinajstić information content (AvgIpc) is 3.46. The minimum atomic E-state index is -4.68. The van der Waals surface area contributed by atoms with E-state index in [0.717, 1.165) is 21.9 Å². The maximum absolute atomic E-state index is 14.4. The molecular formula is C29H32F4N6O2. The lowest BCUT2D eigenvalue weighted by molar-refractivity contribution is -0.136. The number of likely N-dealkylation sites (tertiary alicyclic amines) is 1. The minimum Gasteiger partial charge on any atom is -0.379 e. The number of nitrogens with zero attached hydrogens (tertiary/aromatic N) is 6. The Morgan fingerprint density at radius 3 is 2.46 bits per heavy atom. The van der Waals surface area contributed by atoms with Crippen LogP contribution in [0.4, 0.5) is 17.6 Å². The summed E-state index contributed by atoms with van der Waals surface area (Å²) in [5, 5.41) is 8.15. The Balaban J connectivity index is 1.40. The van der Waals surface area contributed by atoms with E-state index in [1.165, 1.54) is 17.0 Å². The Hall–Kier alpha value is -3.51. The van der Waals surface area contributed by atoms with Crippen LogP contribution in [0.1, 0.15) is 55.2 Å². The molecule has 0 radical (unpaired) electrons. The number of hydrogen-bond acceptors (Lipinski definition) is 5. The van der Waals surface area contributed by atoms with E-state index in [0.29, 0.717) is 56.8 Å². The second kappa shape index (κ2) is 9.80. The first kappa shape index (κ1) is 27.6. The molecule has 5 heterocycles. The predicted octanol–water partition coefficient (Wildman–Crippen LogP) is 4.63. The quantitative estimate of drug-likeness (QED) is 0.315. The van der Waals surface area contributed by atoms with Crippen LogP contribution in [0.5, 0.6) is 0 Å². The molecule has 0 bridgehead atoms. The van der Waals surface area contributed by atoms with Gasteiger partial charge in [-0.2, -0.15) is 13.2 Å². The highest BCUT2D eigenvalue weighted by Gasteiger charge is 2.42. The first-order valence-electron chi connectivity index (χ1n) is 13.7. The first-order valence-corrected chi connectivity index (χ1v) is 13.7. The van der Waals surface area contributed by atoms with E-state index in [9.17, 15) is 22.4 Å². The number of alkyl halides is 4. The number of ether oxygens (including phenoxy) is 1. The summed E-state index contributed by atoms with van der Waals surface area (Å²) in [6.45, 7) is 5.10. The van der Waals surface area contributed by atoms with Crippen molar-refractivity contribution in [3.8, 4) is 5.69 Å². The molecule has 12 heteroatoms. The fourth-order valence-electron chi connectivity index (χ4n) is 5.91. The lowest BCUT2D eigenvalue weighted by Crippen LogP contribution is -2.49. The van der Waals surface area contributed by atoms with Gasteiger partial charge in [0.25, 0.3) is 0 Å². The van der Waals surface area contributed by atoms with Gasteiger partial charge in [-0.15, -0.1) is 10.2 Å². The third kappa shape index (κ3) is 4.97. The topological polar surface area (TPSA) is 69.6 Å². The number of piperidine rings is 1. The van der Waals surface area contributed by atoms with Crippen molar-refractivity contribution in [2.24, 2.45) is 7.05 Å². The lowest BCUT2D eigenvalue weighted by Gasteiger charge is -2.41. The lowest BCUT2D eigenvalue weighted by atomic mass is 9.75. The third-order valence-electron chi connectivity index (χ3n) is 8.76. The van der Waals surface area contributed by atoms with Crippen molar-refractivity contribution in [1.29, 1.82) is 0 Å². The Kier molecular flexibility index (Phi) is 6.61. The second-order valence-electron chi connectivity index (χ2n) is 11.7. The van der Waals surface area contributed by atoms with Gasteiger partial charge in [0, 0.05) is 50.4 Å². The van der Waals surface area contributed by atoms with Gasteiger partial charge < -0.3 is 9.30 Å². The molecule has 0 amide bonds. The first-order chi connectivity index (χ1) is 19.4. The average molecular weight is 573 g/mol. The standard InChI is InChI=1S/C29H32F4N6O2/c1-19(37-9-7-27(2,30)8-10-37)20-11-23(29(31,32)33)24-15-38(26(40)39(24)14-20)22-6-4-5-21(12-22)28(16-41-17-28)13-25-35-34-18-36(25)3/h4-6,11-12,14-15,18-19H,7-10,13,16-17H2,1-3H3. The van der Waals surface area contributed by atoms with Crippen molar-refractivity contribution in [2.75, 3.05) is 26.3 Å². The van der Waals surface area contributed by atoms with Gasteiger partial charge in [-0.05, 0) is 56.0 Å². The van der Waals surface area contributed by atoms with Crippen molar-refractivity contribution < 1.29 is 22.3 Å². The summed E-state index contributed by atoms with van der Waals surface area (Å²) in [7, 11) is 1.86. The van der Waals surface area contributed by atoms with Gasteiger partial charge in [-0.3, -0.25) is 13.9 Å². The normalized spacial score (nSPS) is 19.8. The van der Waals surface area contributed by atoms with Gasteiger partial charge >= 0.3 is 11.9 Å². The van der Waals surface area contributed by atoms with Gasteiger partial charge in [-0.25, -0.2) is 9.18 Å². The molecule has 0 saturated carbocycles. The molecule has 2 aliphatic rings. The Labute approximate surface area is 234 Å². The van der Waals surface area contributed by atoms with Crippen molar-refractivity contribution in [2.45, 2.75) is 56.4 Å². The zero-order valence-corrected chi connectivity index (χ0v) is 23.2. The molecule has 4 aromatic rings. The highest BCUT2D eigenvalue weighted by atomic mass is 19.4. The number of aromatic nitrogens is 5. The number of benzene rings is 1. The van der Waals surface area contributed by atoms with E-state index in [1.54, 1.807) is 32.3 Å². The summed E-state index contributed by atoms with van der Waals surface area (Å²) in [6.07, 6.45) is 0.865. The number of imidazole rings is 1. The predicted molar refractivity (Wildman–Crippen MR) is 144 cm³/mol. The van der Waals surface area contributed by atoms with E-state index < -0.39 is 29.1 Å². The summed E-state index contributed by atoms with van der Waals surface area (Å²) < 4.78 is 67.1. The van der Waals surface area contributed by atoms with Crippen LogP contribution < -0.4 is 5.69 Å². The van der Waals surface area contributed by atoms with Crippen LogP contribution in [0.15, 0.2) is 53.8 Å². The minimum absolute atomic E-state index is 0.223. The molecule has 2 aliphatic heterocycles. The second-order valence-corrected chi connectivity index (χ2v) is 11.7. The zero-order valence-electron chi connectivity index (χ0n) is 23.2. The molecule has 3 aromatic heterocycles. The summed E-state index contributed by atoms with van der Waals surface area (Å²) in [4.78, 5) is 15.6. The number of pyridine rings is 1. The zero-order chi connectivity index (χ0) is 29.2. The monoisotopic (exact) mass is 572 g/mol. The molecular weight excluding hydrogens is 540 g/mol. The highest BCUT2D eigenvalue weighted by molar-refractivity contribution is 5.58. The van der Waals surface area contributed by atoms with Gasteiger partial charge in [-0.1, -0.05) is 12.1 Å². The third-order valence-corrected chi connectivity index (χ3v) is 8.76. The van der Waals surface area contributed by atoms with Crippen LogP contribution in [0.3, 0.4) is 0 Å². The fraction of sp³-hybridized carbons (Fsp3) is 0.483. The number of fused-ring (bicyclic) bond motifs is 1. The van der Waals surface area contributed by atoms with Crippen LogP contribution in [-0.4, -0.2) is 60.6 Å². The van der Waals surface area contributed by atoms with E-state index in [1.807, 2.05) is 28.6 Å². The van der Waals surface area contributed by atoms with Crippen molar-refractivity contribution in [1.82, 2.24) is 28.6 Å². The van der Waals surface area contributed by atoms with E-state index in [-0.39, 0.29) is 10.9 Å². The van der Waals surface area contributed by atoms with Gasteiger partial charge in [0.2, 0.25) is 0 Å². The molecule has 1 aromatic carbocycles. The maximum atomic E-state index is 14.4. The largest absolute Gasteiger partial charge is 0.418 e. The molecule has 2 fully saturated rings. The summed E-state index contributed by atoms with van der Waals surface area (Å²) in [5.74, 6) is 0.784. The van der Waals surface area contributed by atoms with E-state index in [4.69, 9.17) is 4.74 Å². The number of hydrogen-bond donors (Lipinski definition) is 0. The van der Waals surface area contributed by atoms with E-state index >= 15 is 0 Å². The van der Waals surface area contributed by atoms with Gasteiger partial charge in [0.15, 0.2) is 0 Å². The van der Waals surface area contributed by atoms with Crippen LogP contribution in [0.25, 0.3) is 11.2 Å². The number of halogens is 4. The molecule has 41 heavy (non-hydrogen) atoms. The van der Waals surface area contributed by atoms with E-state index in [2.05, 4.69) is 10.2 Å². The maximum Gasteiger partial charge on any atom is 0.418 e. The van der Waals surface area contributed by atoms with Gasteiger partial charge in [0.1, 0.15) is 17.8 Å². The van der Waals surface area contributed by atoms with Gasteiger partial charge in [0.05, 0.1) is 30.0 Å².